The number of ether oxygens (including phenoxy) is 1. The highest BCUT2D eigenvalue weighted by atomic mass is 32.2. The molecule has 0 spiro atoms. The molecule has 0 aliphatic heterocycles. The zero-order valence-corrected chi connectivity index (χ0v) is 16.5. The van der Waals surface area contributed by atoms with Gasteiger partial charge in [-0.1, -0.05) is 26.0 Å². The molecule has 3 rings (SSSR count). The van der Waals surface area contributed by atoms with E-state index in [1.807, 2.05) is 18.2 Å². The van der Waals surface area contributed by atoms with Gasteiger partial charge in [-0.2, -0.15) is 0 Å². The van der Waals surface area contributed by atoms with Crippen LogP contribution in [0.4, 0.5) is 5.69 Å². The van der Waals surface area contributed by atoms with E-state index in [2.05, 4.69) is 23.9 Å². The zero-order chi connectivity index (χ0) is 19.6. The highest BCUT2D eigenvalue weighted by Crippen LogP contribution is 2.28. The van der Waals surface area contributed by atoms with E-state index in [4.69, 9.17) is 4.74 Å². The summed E-state index contributed by atoms with van der Waals surface area (Å²) < 4.78 is 33.0. The van der Waals surface area contributed by atoms with Gasteiger partial charge in [0.25, 0.3) is 5.91 Å². The Bertz CT molecular complexity index is 950. The van der Waals surface area contributed by atoms with Crippen LogP contribution in [-0.4, -0.2) is 27.5 Å². The van der Waals surface area contributed by atoms with Crippen LogP contribution in [0.3, 0.4) is 0 Å². The maximum atomic E-state index is 12.6. The van der Waals surface area contributed by atoms with Crippen molar-refractivity contribution in [1.82, 2.24) is 4.72 Å². The Kier molecular flexibility index (Phi) is 5.53. The number of benzene rings is 2. The van der Waals surface area contributed by atoms with E-state index >= 15 is 0 Å². The lowest BCUT2D eigenvalue weighted by Crippen LogP contribution is -2.26. The van der Waals surface area contributed by atoms with Gasteiger partial charge in [-0.3, -0.25) is 4.79 Å². The quantitative estimate of drug-likeness (QED) is 0.760. The summed E-state index contributed by atoms with van der Waals surface area (Å²) in [6.45, 7) is 4.16. The van der Waals surface area contributed by atoms with Crippen molar-refractivity contribution in [2.75, 3.05) is 12.4 Å². The number of sulfonamides is 1. The van der Waals surface area contributed by atoms with E-state index in [-0.39, 0.29) is 28.2 Å². The van der Waals surface area contributed by atoms with Crippen LogP contribution in [0.1, 0.15) is 48.5 Å². The molecule has 2 N–H and O–H groups in total. The number of hydrogen-bond acceptors (Lipinski definition) is 4. The number of anilines is 1. The molecule has 0 radical (unpaired) electrons. The number of carbonyl (C=O) groups is 1. The van der Waals surface area contributed by atoms with Crippen LogP contribution in [0, 0.1) is 0 Å². The molecule has 0 saturated heterocycles. The van der Waals surface area contributed by atoms with E-state index in [1.165, 1.54) is 19.2 Å². The van der Waals surface area contributed by atoms with Gasteiger partial charge < -0.3 is 10.1 Å². The first-order valence-electron chi connectivity index (χ1n) is 8.92. The molecular weight excluding hydrogens is 364 g/mol. The van der Waals surface area contributed by atoms with E-state index < -0.39 is 10.0 Å². The first-order chi connectivity index (χ1) is 12.8. The van der Waals surface area contributed by atoms with Crippen molar-refractivity contribution in [3.8, 4) is 5.75 Å². The molecule has 7 heteroatoms. The van der Waals surface area contributed by atoms with Crippen LogP contribution in [0.5, 0.6) is 5.75 Å². The Hall–Kier alpha value is -2.38. The first kappa shape index (κ1) is 19.4. The van der Waals surface area contributed by atoms with Gasteiger partial charge in [-0.15, -0.1) is 0 Å². The molecule has 0 unspecified atom stereocenters. The third-order valence-electron chi connectivity index (χ3n) is 4.43. The summed E-state index contributed by atoms with van der Waals surface area (Å²) in [6.07, 6.45) is 1.65. The fourth-order valence-corrected chi connectivity index (χ4v) is 4.19. The topological polar surface area (TPSA) is 84.5 Å². The van der Waals surface area contributed by atoms with Crippen molar-refractivity contribution >= 4 is 21.6 Å². The predicted molar refractivity (Wildman–Crippen MR) is 105 cm³/mol. The smallest absolute Gasteiger partial charge is 0.255 e. The number of carbonyl (C=O) groups excluding carboxylic acids is 1. The number of hydrogen-bond donors (Lipinski definition) is 2. The Morgan fingerprint density at radius 1 is 1.15 bits per heavy atom. The molecule has 2 aromatic carbocycles. The van der Waals surface area contributed by atoms with Crippen LogP contribution in [0.2, 0.25) is 0 Å². The lowest BCUT2D eigenvalue weighted by molar-refractivity contribution is 0.102. The molecule has 144 valence electrons. The van der Waals surface area contributed by atoms with Crippen molar-refractivity contribution in [1.29, 1.82) is 0 Å². The number of methoxy groups -OCH3 is 1. The largest absolute Gasteiger partial charge is 0.495 e. The van der Waals surface area contributed by atoms with Crippen molar-refractivity contribution in [2.45, 2.75) is 43.5 Å². The Morgan fingerprint density at radius 3 is 2.52 bits per heavy atom. The number of amides is 1. The number of nitrogens with one attached hydrogen (secondary N) is 2. The third-order valence-corrected chi connectivity index (χ3v) is 5.97. The summed E-state index contributed by atoms with van der Waals surface area (Å²) >= 11 is 0. The second-order valence-electron chi connectivity index (χ2n) is 7.00. The Morgan fingerprint density at radius 2 is 1.89 bits per heavy atom. The maximum absolute atomic E-state index is 12.6. The Labute approximate surface area is 160 Å². The predicted octanol–water partition coefficient (Wildman–Crippen LogP) is 3.51. The fourth-order valence-electron chi connectivity index (χ4n) is 2.69. The first-order valence-corrected chi connectivity index (χ1v) is 10.4. The SMILES string of the molecule is COc1ccc(C(=O)Nc2cccc(C(C)C)c2)cc1S(=O)(=O)NC1CC1. The second kappa shape index (κ2) is 7.70. The minimum atomic E-state index is -3.74. The minimum Gasteiger partial charge on any atom is -0.495 e. The Balaban J connectivity index is 1.87. The lowest BCUT2D eigenvalue weighted by Gasteiger charge is -2.13. The molecule has 1 aliphatic carbocycles. The molecule has 6 nitrogen and oxygen atoms in total. The van der Waals surface area contributed by atoms with E-state index in [0.29, 0.717) is 11.6 Å². The molecule has 1 aliphatic rings. The molecule has 27 heavy (non-hydrogen) atoms. The van der Waals surface area contributed by atoms with E-state index in [9.17, 15) is 13.2 Å². The molecule has 0 heterocycles. The normalized spacial score (nSPS) is 14.2. The van der Waals surface area contributed by atoms with Crippen LogP contribution in [-0.2, 0) is 10.0 Å². The molecule has 1 fully saturated rings. The highest BCUT2D eigenvalue weighted by molar-refractivity contribution is 7.89. The van der Waals surface area contributed by atoms with Crippen LogP contribution in [0.15, 0.2) is 47.4 Å². The molecule has 2 aromatic rings. The summed E-state index contributed by atoms with van der Waals surface area (Å²) in [4.78, 5) is 12.6. The lowest BCUT2D eigenvalue weighted by atomic mass is 10.0. The number of rotatable bonds is 7. The zero-order valence-electron chi connectivity index (χ0n) is 15.7. The maximum Gasteiger partial charge on any atom is 0.255 e. The monoisotopic (exact) mass is 388 g/mol. The molecule has 0 aromatic heterocycles. The van der Waals surface area contributed by atoms with Crippen LogP contribution in [0.25, 0.3) is 0 Å². The summed E-state index contributed by atoms with van der Waals surface area (Å²) in [5, 5.41) is 2.83. The molecule has 1 saturated carbocycles. The molecule has 1 amide bonds. The standard InChI is InChI=1S/C20H24N2O4S/c1-13(2)14-5-4-6-17(11-14)21-20(23)15-7-10-18(26-3)19(12-15)27(24,25)22-16-8-9-16/h4-7,10-13,16,22H,8-9H2,1-3H3,(H,21,23). The van der Waals surface area contributed by atoms with Gasteiger partial charge in [0.2, 0.25) is 10.0 Å². The van der Waals surface area contributed by atoms with Gasteiger partial charge in [0.1, 0.15) is 10.6 Å². The van der Waals surface area contributed by atoms with Gasteiger partial charge >= 0.3 is 0 Å². The van der Waals surface area contributed by atoms with Gasteiger partial charge in [-0.05, 0) is 54.7 Å². The van der Waals surface area contributed by atoms with Gasteiger partial charge in [0, 0.05) is 17.3 Å². The van der Waals surface area contributed by atoms with Crippen LogP contribution >= 0.6 is 0 Å². The van der Waals surface area contributed by atoms with E-state index in [1.54, 1.807) is 12.1 Å². The van der Waals surface area contributed by atoms with Crippen molar-refractivity contribution < 1.29 is 17.9 Å². The molecular formula is C20H24N2O4S. The molecule has 0 atom stereocenters. The van der Waals surface area contributed by atoms with Gasteiger partial charge in [0.05, 0.1) is 7.11 Å². The fraction of sp³-hybridized carbons (Fsp3) is 0.350. The van der Waals surface area contributed by atoms with Crippen LogP contribution < -0.4 is 14.8 Å². The summed E-state index contributed by atoms with van der Waals surface area (Å²) in [5.74, 6) is 0.177. The van der Waals surface area contributed by atoms with Crippen molar-refractivity contribution in [2.24, 2.45) is 0 Å². The molecule has 0 bridgehead atoms. The van der Waals surface area contributed by atoms with Crippen molar-refractivity contribution in [3.63, 3.8) is 0 Å². The minimum absolute atomic E-state index is 0.0273. The average Bonchev–Trinajstić information content (AvgIpc) is 3.44. The average molecular weight is 388 g/mol. The van der Waals surface area contributed by atoms with Crippen molar-refractivity contribution in [3.05, 3.63) is 53.6 Å². The highest BCUT2D eigenvalue weighted by Gasteiger charge is 2.30. The van der Waals surface area contributed by atoms with Gasteiger partial charge in [-0.25, -0.2) is 13.1 Å². The van der Waals surface area contributed by atoms with Gasteiger partial charge in [0.15, 0.2) is 0 Å². The second-order valence-corrected chi connectivity index (χ2v) is 8.68. The van der Waals surface area contributed by atoms with E-state index in [0.717, 1.165) is 18.4 Å². The summed E-state index contributed by atoms with van der Waals surface area (Å²) in [6, 6.07) is 12.0. The summed E-state index contributed by atoms with van der Waals surface area (Å²) in [7, 11) is -2.34. The summed E-state index contributed by atoms with van der Waals surface area (Å²) in [5.41, 5.74) is 2.03. The third kappa shape index (κ3) is 4.67.